The SMILES string of the molecule is Cc1ccc(S(=O)(=O)NC(=O)N2CCN(C)C(c3ccccc3)C2)cc1. The van der Waals surface area contributed by atoms with E-state index in [9.17, 15) is 13.2 Å². The molecule has 1 aliphatic heterocycles. The van der Waals surface area contributed by atoms with Crippen LogP contribution in [0.2, 0.25) is 0 Å². The fourth-order valence-corrected chi connectivity index (χ4v) is 4.02. The van der Waals surface area contributed by atoms with Crippen LogP contribution in [0.4, 0.5) is 4.79 Å². The summed E-state index contributed by atoms with van der Waals surface area (Å²) in [7, 11) is -1.87. The van der Waals surface area contributed by atoms with Crippen LogP contribution in [0.5, 0.6) is 0 Å². The van der Waals surface area contributed by atoms with Crippen molar-refractivity contribution < 1.29 is 13.2 Å². The van der Waals surface area contributed by atoms with E-state index in [1.807, 2.05) is 44.3 Å². The lowest BCUT2D eigenvalue weighted by Gasteiger charge is -2.39. The van der Waals surface area contributed by atoms with E-state index in [4.69, 9.17) is 0 Å². The van der Waals surface area contributed by atoms with Crippen molar-refractivity contribution in [1.29, 1.82) is 0 Å². The van der Waals surface area contributed by atoms with Crippen molar-refractivity contribution in [2.24, 2.45) is 0 Å². The lowest BCUT2D eigenvalue weighted by atomic mass is 10.0. The van der Waals surface area contributed by atoms with Crippen LogP contribution in [0.3, 0.4) is 0 Å². The Labute approximate surface area is 154 Å². The smallest absolute Gasteiger partial charge is 0.321 e. The van der Waals surface area contributed by atoms with Crippen LogP contribution in [-0.4, -0.2) is 50.9 Å². The lowest BCUT2D eigenvalue weighted by Crippen LogP contribution is -2.52. The van der Waals surface area contributed by atoms with Crippen molar-refractivity contribution in [3.63, 3.8) is 0 Å². The first-order valence-electron chi connectivity index (χ1n) is 8.50. The van der Waals surface area contributed by atoms with Crippen LogP contribution in [-0.2, 0) is 10.0 Å². The van der Waals surface area contributed by atoms with Crippen LogP contribution < -0.4 is 4.72 Å². The van der Waals surface area contributed by atoms with Gasteiger partial charge in [-0.25, -0.2) is 17.9 Å². The Morgan fingerprint density at radius 2 is 1.69 bits per heavy atom. The second-order valence-corrected chi connectivity index (χ2v) is 8.26. The molecule has 26 heavy (non-hydrogen) atoms. The van der Waals surface area contributed by atoms with E-state index >= 15 is 0 Å². The summed E-state index contributed by atoms with van der Waals surface area (Å²) in [5.74, 6) is 0. The number of nitrogens with zero attached hydrogens (tertiary/aromatic N) is 2. The van der Waals surface area contributed by atoms with Gasteiger partial charge in [-0.15, -0.1) is 0 Å². The van der Waals surface area contributed by atoms with Gasteiger partial charge in [-0.1, -0.05) is 48.0 Å². The molecule has 2 amide bonds. The van der Waals surface area contributed by atoms with Gasteiger partial charge in [-0.3, -0.25) is 4.90 Å². The monoisotopic (exact) mass is 373 g/mol. The lowest BCUT2D eigenvalue weighted by molar-refractivity contribution is 0.112. The highest BCUT2D eigenvalue weighted by molar-refractivity contribution is 7.90. The summed E-state index contributed by atoms with van der Waals surface area (Å²) in [4.78, 5) is 16.4. The predicted molar refractivity (Wildman–Crippen MR) is 100 cm³/mol. The number of sulfonamides is 1. The van der Waals surface area contributed by atoms with E-state index in [2.05, 4.69) is 9.62 Å². The molecule has 0 aromatic heterocycles. The van der Waals surface area contributed by atoms with Gasteiger partial charge >= 0.3 is 6.03 Å². The largest absolute Gasteiger partial charge is 0.331 e. The van der Waals surface area contributed by atoms with Gasteiger partial charge < -0.3 is 4.90 Å². The molecular formula is C19H23N3O3S. The number of carbonyl (C=O) groups is 1. The van der Waals surface area contributed by atoms with E-state index in [1.165, 1.54) is 12.1 Å². The summed E-state index contributed by atoms with van der Waals surface area (Å²) in [6.07, 6.45) is 0. The fourth-order valence-electron chi connectivity index (χ4n) is 3.05. The number of rotatable bonds is 3. The molecule has 1 heterocycles. The van der Waals surface area contributed by atoms with E-state index in [1.54, 1.807) is 17.0 Å². The van der Waals surface area contributed by atoms with E-state index in [-0.39, 0.29) is 10.9 Å². The normalized spacial score (nSPS) is 18.5. The van der Waals surface area contributed by atoms with Gasteiger partial charge in [0.1, 0.15) is 0 Å². The highest BCUT2D eigenvalue weighted by atomic mass is 32.2. The minimum atomic E-state index is -3.88. The Bertz CT molecular complexity index is 867. The summed E-state index contributed by atoms with van der Waals surface area (Å²) in [5.41, 5.74) is 2.06. The molecule has 1 fully saturated rings. The zero-order chi connectivity index (χ0) is 18.7. The summed E-state index contributed by atoms with van der Waals surface area (Å²) < 4.78 is 27.1. The molecule has 1 atom stereocenters. The number of benzene rings is 2. The average Bonchev–Trinajstić information content (AvgIpc) is 2.63. The van der Waals surface area contributed by atoms with E-state index < -0.39 is 16.1 Å². The zero-order valence-corrected chi connectivity index (χ0v) is 15.7. The number of aryl methyl sites for hydroxylation is 1. The Balaban J connectivity index is 1.72. The third-order valence-electron chi connectivity index (χ3n) is 4.67. The Morgan fingerprint density at radius 3 is 2.35 bits per heavy atom. The second-order valence-electron chi connectivity index (χ2n) is 6.58. The summed E-state index contributed by atoms with van der Waals surface area (Å²) in [6.45, 7) is 3.48. The zero-order valence-electron chi connectivity index (χ0n) is 14.9. The second kappa shape index (κ2) is 7.47. The minimum absolute atomic E-state index is 0.0396. The Kier molecular flexibility index (Phi) is 5.29. The summed E-state index contributed by atoms with van der Waals surface area (Å²) >= 11 is 0. The van der Waals surface area contributed by atoms with Gasteiger partial charge in [0.25, 0.3) is 10.0 Å². The van der Waals surface area contributed by atoms with Crippen molar-refractivity contribution in [2.45, 2.75) is 17.9 Å². The summed E-state index contributed by atoms with van der Waals surface area (Å²) in [5, 5.41) is 0. The highest BCUT2D eigenvalue weighted by Crippen LogP contribution is 2.24. The number of nitrogens with one attached hydrogen (secondary N) is 1. The maximum absolute atomic E-state index is 12.6. The molecule has 0 aliphatic carbocycles. The van der Waals surface area contributed by atoms with Crippen molar-refractivity contribution in [3.8, 4) is 0 Å². The molecule has 0 spiro atoms. The molecule has 2 aromatic carbocycles. The molecule has 6 nitrogen and oxygen atoms in total. The minimum Gasteiger partial charge on any atom is -0.321 e. The van der Waals surface area contributed by atoms with Crippen molar-refractivity contribution in [2.75, 3.05) is 26.7 Å². The molecule has 7 heteroatoms. The van der Waals surface area contributed by atoms with Crippen molar-refractivity contribution in [3.05, 3.63) is 65.7 Å². The molecule has 3 rings (SSSR count). The predicted octanol–water partition coefficient (Wildman–Crippen LogP) is 2.38. The number of likely N-dealkylation sites (N-methyl/N-ethyl adjacent to an activating group) is 1. The molecule has 138 valence electrons. The van der Waals surface area contributed by atoms with Gasteiger partial charge in [0.05, 0.1) is 10.9 Å². The topological polar surface area (TPSA) is 69.7 Å². The van der Waals surface area contributed by atoms with Gasteiger partial charge in [-0.2, -0.15) is 0 Å². The molecule has 0 radical (unpaired) electrons. The highest BCUT2D eigenvalue weighted by Gasteiger charge is 2.30. The number of carbonyl (C=O) groups excluding carboxylic acids is 1. The number of hydrogen-bond acceptors (Lipinski definition) is 4. The molecule has 0 bridgehead atoms. The number of urea groups is 1. The van der Waals surface area contributed by atoms with Crippen LogP contribution in [0, 0.1) is 6.92 Å². The van der Waals surface area contributed by atoms with Crippen molar-refractivity contribution in [1.82, 2.24) is 14.5 Å². The quantitative estimate of drug-likeness (QED) is 0.897. The van der Waals surface area contributed by atoms with E-state index in [0.29, 0.717) is 19.6 Å². The standard InChI is InChI=1S/C19H23N3O3S/c1-15-8-10-17(11-9-15)26(24,25)20-19(23)22-13-12-21(2)18(14-22)16-6-4-3-5-7-16/h3-11,18H,12-14H2,1-2H3,(H,20,23). The summed E-state index contributed by atoms with van der Waals surface area (Å²) in [6, 6.07) is 15.8. The molecule has 1 unspecified atom stereocenters. The maximum atomic E-state index is 12.6. The van der Waals surface area contributed by atoms with E-state index in [0.717, 1.165) is 11.1 Å². The first-order valence-corrected chi connectivity index (χ1v) is 9.99. The van der Waals surface area contributed by atoms with Gasteiger partial charge in [0, 0.05) is 19.6 Å². The molecule has 1 N–H and O–H groups in total. The molecule has 1 saturated heterocycles. The number of piperazine rings is 1. The molecule has 0 saturated carbocycles. The first kappa shape index (κ1) is 18.4. The van der Waals surface area contributed by atoms with Crippen molar-refractivity contribution >= 4 is 16.1 Å². The van der Waals surface area contributed by atoms with Gasteiger partial charge in [-0.05, 0) is 31.7 Å². The molecule has 2 aromatic rings. The fraction of sp³-hybridized carbons (Fsp3) is 0.316. The first-order chi connectivity index (χ1) is 12.4. The molecular weight excluding hydrogens is 350 g/mol. The third kappa shape index (κ3) is 4.05. The van der Waals surface area contributed by atoms with Crippen LogP contribution >= 0.6 is 0 Å². The van der Waals surface area contributed by atoms with Crippen LogP contribution in [0.25, 0.3) is 0 Å². The average molecular weight is 373 g/mol. The van der Waals surface area contributed by atoms with Gasteiger partial charge in [0.15, 0.2) is 0 Å². The van der Waals surface area contributed by atoms with Crippen LogP contribution in [0.15, 0.2) is 59.5 Å². The van der Waals surface area contributed by atoms with Gasteiger partial charge in [0.2, 0.25) is 0 Å². The Morgan fingerprint density at radius 1 is 1.04 bits per heavy atom. The third-order valence-corrected chi connectivity index (χ3v) is 6.01. The maximum Gasteiger partial charge on any atom is 0.331 e. The number of hydrogen-bond donors (Lipinski definition) is 1. The van der Waals surface area contributed by atoms with Crippen LogP contribution in [0.1, 0.15) is 17.2 Å². The molecule has 1 aliphatic rings. The number of amides is 2. The Hall–Kier alpha value is -2.38.